The third-order valence-electron chi connectivity index (χ3n) is 3.91. The van der Waals surface area contributed by atoms with E-state index < -0.39 is 0 Å². The number of pyridine rings is 1. The Kier molecular flexibility index (Phi) is 5.42. The smallest absolute Gasteiger partial charge is 0.224 e. The van der Waals surface area contributed by atoms with E-state index in [0.29, 0.717) is 13.0 Å². The van der Waals surface area contributed by atoms with Gasteiger partial charge in [-0.3, -0.25) is 9.78 Å². The third-order valence-corrected chi connectivity index (χ3v) is 3.91. The minimum atomic E-state index is -0.0314. The molecule has 126 valence electrons. The minimum absolute atomic E-state index is 0.0314. The van der Waals surface area contributed by atoms with Crippen LogP contribution in [0.2, 0.25) is 0 Å². The van der Waals surface area contributed by atoms with Gasteiger partial charge in [0.2, 0.25) is 5.91 Å². The van der Waals surface area contributed by atoms with Gasteiger partial charge in [-0.25, -0.2) is 0 Å². The summed E-state index contributed by atoms with van der Waals surface area (Å²) in [5, 5.41) is 2.98. The molecule has 3 rings (SSSR count). The van der Waals surface area contributed by atoms with Crippen molar-refractivity contribution in [1.82, 2.24) is 10.3 Å². The van der Waals surface area contributed by atoms with E-state index in [1.165, 1.54) is 0 Å². The van der Waals surface area contributed by atoms with Crippen molar-refractivity contribution in [3.05, 3.63) is 84.1 Å². The molecule has 1 amide bonds. The SMILES string of the molecule is COc1cccc(CC(=O)NCc2cccnc2-c2ccccc2)c1. The summed E-state index contributed by atoms with van der Waals surface area (Å²) in [6, 6.07) is 21.4. The first-order valence-corrected chi connectivity index (χ1v) is 8.15. The third kappa shape index (κ3) is 4.44. The molecule has 0 radical (unpaired) electrons. The Hall–Kier alpha value is -3.14. The zero-order valence-electron chi connectivity index (χ0n) is 14.1. The number of hydrogen-bond acceptors (Lipinski definition) is 3. The van der Waals surface area contributed by atoms with Crippen molar-refractivity contribution in [3.8, 4) is 17.0 Å². The molecular formula is C21H20N2O2. The van der Waals surface area contributed by atoms with E-state index in [2.05, 4.69) is 10.3 Å². The Balaban J connectivity index is 1.66. The van der Waals surface area contributed by atoms with Gasteiger partial charge in [0.25, 0.3) is 0 Å². The number of aromatic nitrogens is 1. The van der Waals surface area contributed by atoms with E-state index in [1.807, 2.05) is 66.7 Å². The lowest BCUT2D eigenvalue weighted by Gasteiger charge is -2.10. The molecule has 0 aliphatic carbocycles. The number of rotatable bonds is 6. The quantitative estimate of drug-likeness (QED) is 0.750. The van der Waals surface area contributed by atoms with E-state index in [9.17, 15) is 4.79 Å². The fourth-order valence-electron chi connectivity index (χ4n) is 2.66. The Morgan fingerprint density at radius 3 is 2.68 bits per heavy atom. The lowest BCUT2D eigenvalue weighted by atomic mass is 10.1. The zero-order chi connectivity index (χ0) is 17.5. The molecule has 0 spiro atoms. The van der Waals surface area contributed by atoms with Crippen LogP contribution in [0.15, 0.2) is 72.9 Å². The maximum Gasteiger partial charge on any atom is 0.224 e. The van der Waals surface area contributed by atoms with Gasteiger partial charge in [-0.05, 0) is 29.3 Å². The first-order valence-electron chi connectivity index (χ1n) is 8.15. The van der Waals surface area contributed by atoms with Gasteiger partial charge in [0.05, 0.1) is 19.2 Å². The van der Waals surface area contributed by atoms with Gasteiger partial charge in [0.1, 0.15) is 5.75 Å². The summed E-state index contributed by atoms with van der Waals surface area (Å²) in [4.78, 5) is 16.7. The number of ether oxygens (including phenoxy) is 1. The average molecular weight is 332 g/mol. The Morgan fingerprint density at radius 1 is 1.04 bits per heavy atom. The topological polar surface area (TPSA) is 51.2 Å². The van der Waals surface area contributed by atoms with Crippen LogP contribution in [0.4, 0.5) is 0 Å². The first kappa shape index (κ1) is 16.7. The molecule has 3 aromatic rings. The molecule has 0 atom stereocenters. The summed E-state index contributed by atoms with van der Waals surface area (Å²) in [7, 11) is 1.62. The lowest BCUT2D eigenvalue weighted by molar-refractivity contribution is -0.120. The van der Waals surface area contributed by atoms with Crippen molar-refractivity contribution >= 4 is 5.91 Å². The van der Waals surface area contributed by atoms with E-state index >= 15 is 0 Å². The average Bonchev–Trinajstić information content (AvgIpc) is 2.67. The van der Waals surface area contributed by atoms with Gasteiger partial charge < -0.3 is 10.1 Å². The second kappa shape index (κ2) is 8.11. The summed E-state index contributed by atoms with van der Waals surface area (Å²) < 4.78 is 5.19. The highest BCUT2D eigenvalue weighted by molar-refractivity contribution is 5.79. The van der Waals surface area contributed by atoms with Crippen LogP contribution >= 0.6 is 0 Å². The van der Waals surface area contributed by atoms with Gasteiger partial charge >= 0.3 is 0 Å². The zero-order valence-corrected chi connectivity index (χ0v) is 14.1. The summed E-state index contributed by atoms with van der Waals surface area (Å²) in [5.41, 5.74) is 3.85. The molecule has 1 N–H and O–H groups in total. The maximum absolute atomic E-state index is 12.3. The van der Waals surface area contributed by atoms with Crippen molar-refractivity contribution in [3.63, 3.8) is 0 Å². The molecule has 4 nitrogen and oxygen atoms in total. The second-order valence-electron chi connectivity index (χ2n) is 5.68. The molecule has 1 heterocycles. The van der Waals surface area contributed by atoms with E-state index in [1.54, 1.807) is 13.3 Å². The predicted molar refractivity (Wildman–Crippen MR) is 98.2 cm³/mol. The minimum Gasteiger partial charge on any atom is -0.497 e. The fourth-order valence-corrected chi connectivity index (χ4v) is 2.66. The molecule has 0 aliphatic heterocycles. The van der Waals surface area contributed by atoms with E-state index in [-0.39, 0.29) is 5.91 Å². The number of nitrogens with one attached hydrogen (secondary N) is 1. The van der Waals surface area contributed by atoms with Crippen molar-refractivity contribution in [2.24, 2.45) is 0 Å². The number of nitrogens with zero attached hydrogens (tertiary/aromatic N) is 1. The van der Waals surface area contributed by atoms with Gasteiger partial charge in [-0.2, -0.15) is 0 Å². The summed E-state index contributed by atoms with van der Waals surface area (Å²) in [6.07, 6.45) is 2.09. The van der Waals surface area contributed by atoms with Gasteiger partial charge in [-0.1, -0.05) is 48.5 Å². The summed E-state index contributed by atoms with van der Waals surface area (Å²) in [5.74, 6) is 0.722. The fraction of sp³-hybridized carbons (Fsp3) is 0.143. The molecule has 0 unspecified atom stereocenters. The summed E-state index contributed by atoms with van der Waals surface area (Å²) in [6.45, 7) is 0.445. The molecule has 0 aliphatic rings. The number of benzene rings is 2. The highest BCUT2D eigenvalue weighted by Gasteiger charge is 2.08. The lowest BCUT2D eigenvalue weighted by Crippen LogP contribution is -2.25. The van der Waals surface area contributed by atoms with Gasteiger partial charge in [-0.15, -0.1) is 0 Å². The Labute approximate surface area is 147 Å². The van der Waals surface area contributed by atoms with Crippen LogP contribution < -0.4 is 10.1 Å². The van der Waals surface area contributed by atoms with Gasteiger partial charge in [0.15, 0.2) is 0 Å². The Bertz CT molecular complexity index is 847. The number of hydrogen-bond donors (Lipinski definition) is 1. The van der Waals surface area contributed by atoms with Crippen LogP contribution in [0, 0.1) is 0 Å². The molecule has 4 heteroatoms. The molecular weight excluding hydrogens is 312 g/mol. The van der Waals surface area contributed by atoms with Crippen molar-refractivity contribution in [2.45, 2.75) is 13.0 Å². The maximum atomic E-state index is 12.3. The predicted octanol–water partition coefficient (Wildman–Crippen LogP) is 3.62. The monoisotopic (exact) mass is 332 g/mol. The van der Waals surface area contributed by atoms with Crippen molar-refractivity contribution in [1.29, 1.82) is 0 Å². The Morgan fingerprint density at radius 2 is 1.88 bits per heavy atom. The molecule has 0 saturated carbocycles. The second-order valence-corrected chi connectivity index (χ2v) is 5.68. The van der Waals surface area contributed by atoms with E-state index in [4.69, 9.17) is 4.74 Å². The number of amides is 1. The molecule has 25 heavy (non-hydrogen) atoms. The molecule has 0 bridgehead atoms. The van der Waals surface area contributed by atoms with Crippen LogP contribution in [0.25, 0.3) is 11.3 Å². The van der Waals surface area contributed by atoms with Crippen molar-refractivity contribution < 1.29 is 9.53 Å². The number of carbonyl (C=O) groups is 1. The van der Waals surface area contributed by atoms with E-state index in [0.717, 1.165) is 28.1 Å². The largest absolute Gasteiger partial charge is 0.497 e. The number of methoxy groups -OCH3 is 1. The van der Waals surface area contributed by atoms with Crippen LogP contribution in [0.5, 0.6) is 5.75 Å². The van der Waals surface area contributed by atoms with Crippen LogP contribution in [-0.4, -0.2) is 18.0 Å². The molecule has 0 fully saturated rings. The van der Waals surface area contributed by atoms with Crippen LogP contribution in [0.1, 0.15) is 11.1 Å². The summed E-state index contributed by atoms with van der Waals surface area (Å²) >= 11 is 0. The highest BCUT2D eigenvalue weighted by atomic mass is 16.5. The molecule has 1 aromatic heterocycles. The van der Waals surface area contributed by atoms with Crippen molar-refractivity contribution in [2.75, 3.05) is 7.11 Å². The number of carbonyl (C=O) groups excluding carboxylic acids is 1. The van der Waals surface area contributed by atoms with Gasteiger partial charge in [0, 0.05) is 18.3 Å². The van der Waals surface area contributed by atoms with Crippen LogP contribution in [-0.2, 0) is 17.8 Å². The molecule has 0 saturated heterocycles. The molecule has 2 aromatic carbocycles. The van der Waals surface area contributed by atoms with Crippen LogP contribution in [0.3, 0.4) is 0 Å². The normalized spacial score (nSPS) is 10.3. The highest BCUT2D eigenvalue weighted by Crippen LogP contribution is 2.20. The first-order chi connectivity index (χ1) is 12.3. The standard InChI is InChI=1S/C21H20N2O2/c1-25-19-11-5-7-16(13-19)14-20(24)23-15-18-10-6-12-22-21(18)17-8-3-2-4-9-17/h2-13H,14-15H2,1H3,(H,23,24).